The van der Waals surface area contributed by atoms with Crippen LogP contribution in [-0.4, -0.2) is 11.6 Å². The Balaban J connectivity index is 2.39. The molecule has 0 atom stereocenters. The molecule has 0 heterocycles. The number of nitrogen functional groups attached to an aromatic ring is 1. The summed E-state index contributed by atoms with van der Waals surface area (Å²) in [5.41, 5.74) is 6.35. The SMILES string of the molecule is CCSc1cccc(Oc2ccccc2)c1C(=N)N. The van der Waals surface area contributed by atoms with Crippen LogP contribution in [0.4, 0.5) is 0 Å². The van der Waals surface area contributed by atoms with E-state index in [1.54, 1.807) is 11.8 Å². The minimum atomic E-state index is 0.0301. The van der Waals surface area contributed by atoms with Crippen molar-refractivity contribution in [1.82, 2.24) is 0 Å². The highest BCUT2D eigenvalue weighted by molar-refractivity contribution is 7.99. The van der Waals surface area contributed by atoms with E-state index in [9.17, 15) is 0 Å². The van der Waals surface area contributed by atoms with Crippen LogP contribution in [0.2, 0.25) is 0 Å². The fraction of sp³-hybridized carbons (Fsp3) is 0.133. The molecule has 0 saturated carbocycles. The van der Waals surface area contributed by atoms with E-state index in [4.69, 9.17) is 15.9 Å². The highest BCUT2D eigenvalue weighted by Crippen LogP contribution is 2.32. The van der Waals surface area contributed by atoms with E-state index in [1.165, 1.54) is 0 Å². The fourth-order valence-electron chi connectivity index (χ4n) is 1.75. The van der Waals surface area contributed by atoms with Gasteiger partial charge in [-0.3, -0.25) is 5.41 Å². The second kappa shape index (κ2) is 6.29. The highest BCUT2D eigenvalue weighted by atomic mass is 32.2. The lowest BCUT2D eigenvalue weighted by molar-refractivity contribution is 0.480. The van der Waals surface area contributed by atoms with Crippen molar-refractivity contribution in [3.05, 3.63) is 54.1 Å². The first kappa shape index (κ1) is 13.5. The Morgan fingerprint density at radius 2 is 1.89 bits per heavy atom. The van der Waals surface area contributed by atoms with Crippen LogP contribution in [0, 0.1) is 5.41 Å². The van der Waals surface area contributed by atoms with Crippen LogP contribution >= 0.6 is 11.8 Å². The minimum Gasteiger partial charge on any atom is -0.457 e. The molecule has 0 unspecified atom stereocenters. The first-order valence-electron chi connectivity index (χ1n) is 6.05. The first-order valence-corrected chi connectivity index (χ1v) is 7.04. The Hall–Kier alpha value is -1.94. The maximum absolute atomic E-state index is 7.75. The zero-order valence-electron chi connectivity index (χ0n) is 10.7. The molecule has 2 rings (SSSR count). The second-order valence-electron chi connectivity index (χ2n) is 3.89. The van der Waals surface area contributed by atoms with Crippen LogP contribution in [0.1, 0.15) is 12.5 Å². The lowest BCUT2D eigenvalue weighted by Gasteiger charge is -2.13. The normalized spacial score (nSPS) is 10.2. The second-order valence-corrected chi connectivity index (χ2v) is 5.20. The number of rotatable bonds is 5. The van der Waals surface area contributed by atoms with E-state index in [1.807, 2.05) is 48.5 Å². The standard InChI is InChI=1S/C15H16N2OS/c1-2-19-13-10-6-9-12(14(13)15(16)17)18-11-7-4-3-5-8-11/h3-10H,2H2,1H3,(H3,16,17). The summed E-state index contributed by atoms with van der Waals surface area (Å²) in [6, 6.07) is 15.2. The topological polar surface area (TPSA) is 59.1 Å². The molecule has 0 fully saturated rings. The molecule has 0 saturated heterocycles. The summed E-state index contributed by atoms with van der Waals surface area (Å²) < 4.78 is 5.82. The fourth-order valence-corrected chi connectivity index (χ4v) is 2.59. The molecular formula is C15H16N2OS. The van der Waals surface area contributed by atoms with Crippen molar-refractivity contribution in [2.24, 2.45) is 5.73 Å². The van der Waals surface area contributed by atoms with E-state index >= 15 is 0 Å². The third kappa shape index (κ3) is 3.29. The largest absolute Gasteiger partial charge is 0.457 e. The lowest BCUT2D eigenvalue weighted by atomic mass is 10.2. The van der Waals surface area contributed by atoms with Gasteiger partial charge in [-0.25, -0.2) is 0 Å². The summed E-state index contributed by atoms with van der Waals surface area (Å²) in [5.74, 6) is 2.32. The summed E-state index contributed by atoms with van der Waals surface area (Å²) in [6.45, 7) is 2.07. The third-order valence-corrected chi connectivity index (χ3v) is 3.47. The minimum absolute atomic E-state index is 0.0301. The Labute approximate surface area is 117 Å². The average Bonchev–Trinajstić information content (AvgIpc) is 2.40. The molecule has 0 aliphatic heterocycles. The van der Waals surface area contributed by atoms with Gasteiger partial charge in [-0.1, -0.05) is 31.2 Å². The molecule has 0 aliphatic carbocycles. The summed E-state index contributed by atoms with van der Waals surface area (Å²) >= 11 is 1.65. The van der Waals surface area contributed by atoms with Crippen LogP contribution in [0.3, 0.4) is 0 Å². The zero-order chi connectivity index (χ0) is 13.7. The Kier molecular flexibility index (Phi) is 4.47. The maximum Gasteiger partial charge on any atom is 0.139 e. The maximum atomic E-state index is 7.75. The molecule has 0 radical (unpaired) electrons. The van der Waals surface area contributed by atoms with Crippen LogP contribution in [0.5, 0.6) is 11.5 Å². The molecule has 0 aromatic heterocycles. The predicted molar refractivity (Wildman–Crippen MR) is 80.4 cm³/mol. The molecular weight excluding hydrogens is 256 g/mol. The average molecular weight is 272 g/mol. The molecule has 3 N–H and O–H groups in total. The summed E-state index contributed by atoms with van der Waals surface area (Å²) in [7, 11) is 0. The van der Waals surface area contributed by atoms with Crippen molar-refractivity contribution in [2.75, 3.05) is 5.75 Å². The van der Waals surface area contributed by atoms with Crippen LogP contribution in [0.15, 0.2) is 53.4 Å². The smallest absolute Gasteiger partial charge is 0.139 e. The van der Waals surface area contributed by atoms with Crippen LogP contribution in [0.25, 0.3) is 0 Å². The molecule has 3 nitrogen and oxygen atoms in total. The number of nitrogens with one attached hydrogen (secondary N) is 1. The van der Waals surface area contributed by atoms with E-state index in [0.29, 0.717) is 11.3 Å². The van der Waals surface area contributed by atoms with Gasteiger partial charge < -0.3 is 10.5 Å². The van der Waals surface area contributed by atoms with Gasteiger partial charge in [0.25, 0.3) is 0 Å². The number of thioether (sulfide) groups is 1. The van der Waals surface area contributed by atoms with Crippen molar-refractivity contribution in [3.63, 3.8) is 0 Å². The predicted octanol–water partition coefficient (Wildman–Crippen LogP) is 3.87. The Morgan fingerprint density at radius 3 is 2.53 bits per heavy atom. The molecule has 2 aromatic rings. The van der Waals surface area contributed by atoms with Gasteiger partial charge in [0.1, 0.15) is 17.3 Å². The number of para-hydroxylation sites is 1. The van der Waals surface area contributed by atoms with E-state index in [-0.39, 0.29) is 5.84 Å². The molecule has 19 heavy (non-hydrogen) atoms. The van der Waals surface area contributed by atoms with E-state index in [0.717, 1.165) is 16.4 Å². The highest BCUT2D eigenvalue weighted by Gasteiger charge is 2.13. The molecule has 4 heteroatoms. The number of ether oxygens (including phenoxy) is 1. The Bertz CT molecular complexity index is 570. The first-order chi connectivity index (χ1) is 9.22. The van der Waals surface area contributed by atoms with Gasteiger partial charge in [-0.2, -0.15) is 0 Å². The van der Waals surface area contributed by atoms with Crippen molar-refractivity contribution >= 4 is 17.6 Å². The summed E-state index contributed by atoms with van der Waals surface area (Å²) in [5, 5.41) is 7.75. The molecule has 2 aromatic carbocycles. The van der Waals surface area contributed by atoms with Crippen LogP contribution in [-0.2, 0) is 0 Å². The van der Waals surface area contributed by atoms with E-state index in [2.05, 4.69) is 6.92 Å². The van der Waals surface area contributed by atoms with Gasteiger partial charge in [0, 0.05) is 4.90 Å². The van der Waals surface area contributed by atoms with Gasteiger partial charge >= 0.3 is 0 Å². The number of benzene rings is 2. The summed E-state index contributed by atoms with van der Waals surface area (Å²) in [6.07, 6.45) is 0. The number of hydrogen-bond donors (Lipinski definition) is 2. The van der Waals surface area contributed by atoms with Crippen LogP contribution < -0.4 is 10.5 Å². The molecule has 0 bridgehead atoms. The van der Waals surface area contributed by atoms with Crippen molar-refractivity contribution in [3.8, 4) is 11.5 Å². The van der Waals surface area contributed by atoms with E-state index < -0.39 is 0 Å². The van der Waals surface area contributed by atoms with Crippen molar-refractivity contribution < 1.29 is 4.74 Å². The van der Waals surface area contributed by atoms with Gasteiger partial charge in [0.05, 0.1) is 5.56 Å². The van der Waals surface area contributed by atoms with Gasteiger partial charge in [-0.15, -0.1) is 11.8 Å². The van der Waals surface area contributed by atoms with Gasteiger partial charge in [0.2, 0.25) is 0 Å². The summed E-state index contributed by atoms with van der Waals surface area (Å²) in [4.78, 5) is 0.975. The molecule has 98 valence electrons. The number of hydrogen-bond acceptors (Lipinski definition) is 3. The van der Waals surface area contributed by atoms with Gasteiger partial charge in [-0.05, 0) is 30.0 Å². The van der Waals surface area contributed by atoms with Crippen molar-refractivity contribution in [1.29, 1.82) is 5.41 Å². The van der Waals surface area contributed by atoms with Crippen molar-refractivity contribution in [2.45, 2.75) is 11.8 Å². The number of amidine groups is 1. The number of nitrogens with two attached hydrogens (primary N) is 1. The quantitative estimate of drug-likeness (QED) is 0.493. The van der Waals surface area contributed by atoms with Gasteiger partial charge in [0.15, 0.2) is 0 Å². The lowest BCUT2D eigenvalue weighted by Crippen LogP contribution is -2.13. The zero-order valence-corrected chi connectivity index (χ0v) is 11.5. The monoisotopic (exact) mass is 272 g/mol. The molecule has 0 spiro atoms. The molecule has 0 amide bonds. The third-order valence-electron chi connectivity index (χ3n) is 2.53. The Morgan fingerprint density at radius 1 is 1.16 bits per heavy atom. The molecule has 0 aliphatic rings.